The molecule has 1 N–H and O–H groups in total. The molecule has 1 heterocycles. The largest absolute Gasteiger partial charge is 0.313 e. The molecule has 2 aliphatic rings. The second-order valence-corrected chi connectivity index (χ2v) is 5.70. The number of nitrogens with one attached hydrogen (secondary N) is 1. The van der Waals surface area contributed by atoms with Gasteiger partial charge in [0.05, 0.1) is 0 Å². The van der Waals surface area contributed by atoms with Gasteiger partial charge in [-0.15, -0.1) is 0 Å². The van der Waals surface area contributed by atoms with Crippen LogP contribution in [0.1, 0.15) is 40.5 Å². The van der Waals surface area contributed by atoms with Crippen LogP contribution in [0.3, 0.4) is 0 Å². The Bertz CT molecular complexity index is 194. The Morgan fingerprint density at radius 2 is 1.92 bits per heavy atom. The molecule has 3 unspecified atom stereocenters. The molecule has 0 amide bonds. The minimum atomic E-state index is 0.521. The number of rotatable bonds is 0. The summed E-state index contributed by atoms with van der Waals surface area (Å²) in [7, 11) is 0. The normalized spacial score (nSPS) is 51.0. The maximum absolute atomic E-state index is 3.65. The number of hydrogen-bond acceptors (Lipinski definition) is 1. The molecule has 0 spiro atoms. The van der Waals surface area contributed by atoms with Gasteiger partial charge in [0, 0.05) is 12.6 Å². The van der Waals surface area contributed by atoms with Crippen LogP contribution in [0.4, 0.5) is 0 Å². The van der Waals surface area contributed by atoms with Crippen molar-refractivity contribution in [3.8, 4) is 0 Å². The fraction of sp³-hybridized carbons (Fsp3) is 1.00. The van der Waals surface area contributed by atoms with Gasteiger partial charge in [-0.05, 0) is 29.6 Å². The Hall–Kier alpha value is -0.0400. The first-order valence-electron chi connectivity index (χ1n) is 5.19. The van der Waals surface area contributed by atoms with E-state index in [9.17, 15) is 0 Å². The highest BCUT2D eigenvalue weighted by Gasteiger charge is 2.53. The van der Waals surface area contributed by atoms with Crippen LogP contribution in [-0.4, -0.2) is 12.6 Å². The lowest BCUT2D eigenvalue weighted by molar-refractivity contribution is 0.0165. The third-order valence-electron chi connectivity index (χ3n) is 4.90. The van der Waals surface area contributed by atoms with Gasteiger partial charge < -0.3 is 5.32 Å². The fourth-order valence-electron chi connectivity index (χ4n) is 3.03. The summed E-state index contributed by atoms with van der Waals surface area (Å²) in [5, 5.41) is 3.65. The monoisotopic (exact) mass is 167 g/mol. The van der Waals surface area contributed by atoms with Crippen LogP contribution in [0.2, 0.25) is 0 Å². The van der Waals surface area contributed by atoms with Gasteiger partial charge in [-0.2, -0.15) is 0 Å². The molecule has 1 aliphatic carbocycles. The van der Waals surface area contributed by atoms with Gasteiger partial charge in [-0.25, -0.2) is 0 Å². The van der Waals surface area contributed by atoms with Crippen molar-refractivity contribution < 1.29 is 0 Å². The van der Waals surface area contributed by atoms with Crippen molar-refractivity contribution in [1.29, 1.82) is 0 Å². The fourth-order valence-corrected chi connectivity index (χ4v) is 3.03. The first-order valence-corrected chi connectivity index (χ1v) is 5.19. The molecule has 2 rings (SSSR count). The predicted molar refractivity (Wildman–Crippen MR) is 52.1 cm³/mol. The van der Waals surface area contributed by atoms with Crippen LogP contribution in [0, 0.1) is 16.7 Å². The second kappa shape index (κ2) is 2.25. The van der Waals surface area contributed by atoms with Gasteiger partial charge in [-0.1, -0.05) is 27.7 Å². The summed E-state index contributed by atoms with van der Waals surface area (Å²) in [5.41, 5.74) is 1.07. The van der Waals surface area contributed by atoms with E-state index in [4.69, 9.17) is 0 Å². The summed E-state index contributed by atoms with van der Waals surface area (Å²) in [4.78, 5) is 0. The quantitative estimate of drug-likeness (QED) is 0.584. The molecule has 0 aromatic heterocycles. The molecule has 2 fully saturated rings. The standard InChI is InChI=1S/C11H21N/c1-8-5-9-6-11(4,7-12-9)10(8,2)3/h8-9,12H,5-7H2,1-4H3. The maximum atomic E-state index is 3.65. The zero-order valence-corrected chi connectivity index (χ0v) is 8.78. The summed E-state index contributed by atoms with van der Waals surface area (Å²) >= 11 is 0. The minimum Gasteiger partial charge on any atom is -0.313 e. The van der Waals surface area contributed by atoms with Gasteiger partial charge >= 0.3 is 0 Å². The van der Waals surface area contributed by atoms with E-state index >= 15 is 0 Å². The molecule has 0 aromatic carbocycles. The average Bonchev–Trinajstić information content (AvgIpc) is 2.29. The Kier molecular flexibility index (Phi) is 1.61. The lowest BCUT2D eigenvalue weighted by Gasteiger charge is -2.49. The van der Waals surface area contributed by atoms with Crippen LogP contribution < -0.4 is 5.32 Å². The van der Waals surface area contributed by atoms with Crippen molar-refractivity contribution >= 4 is 0 Å². The highest BCUT2D eigenvalue weighted by molar-refractivity contribution is 5.06. The molecule has 70 valence electrons. The van der Waals surface area contributed by atoms with E-state index in [0.717, 1.165) is 12.0 Å². The van der Waals surface area contributed by atoms with Crippen LogP contribution in [0.15, 0.2) is 0 Å². The molecule has 1 saturated carbocycles. The lowest BCUT2D eigenvalue weighted by atomic mass is 9.55. The van der Waals surface area contributed by atoms with Gasteiger partial charge in [-0.3, -0.25) is 0 Å². The van der Waals surface area contributed by atoms with Crippen LogP contribution in [-0.2, 0) is 0 Å². The summed E-state index contributed by atoms with van der Waals surface area (Å²) < 4.78 is 0. The second-order valence-electron chi connectivity index (χ2n) is 5.70. The van der Waals surface area contributed by atoms with E-state index in [2.05, 4.69) is 33.0 Å². The van der Waals surface area contributed by atoms with Crippen LogP contribution in [0.25, 0.3) is 0 Å². The smallest absolute Gasteiger partial charge is 0.00759 e. The average molecular weight is 167 g/mol. The predicted octanol–water partition coefficient (Wildman–Crippen LogP) is 2.42. The van der Waals surface area contributed by atoms with E-state index in [1.807, 2.05) is 0 Å². The number of hydrogen-bond donors (Lipinski definition) is 1. The van der Waals surface area contributed by atoms with Crippen molar-refractivity contribution in [2.45, 2.75) is 46.6 Å². The van der Waals surface area contributed by atoms with Gasteiger partial charge in [0.25, 0.3) is 0 Å². The Morgan fingerprint density at radius 3 is 2.58 bits per heavy atom. The molecule has 0 aromatic rings. The van der Waals surface area contributed by atoms with E-state index in [-0.39, 0.29) is 0 Å². The molecule has 1 aliphatic heterocycles. The molecule has 2 bridgehead atoms. The molecule has 12 heavy (non-hydrogen) atoms. The Morgan fingerprint density at radius 1 is 1.25 bits per heavy atom. The SMILES string of the molecule is CC1CC2CC(C)(CN2)C1(C)C. The van der Waals surface area contributed by atoms with E-state index < -0.39 is 0 Å². The van der Waals surface area contributed by atoms with E-state index in [0.29, 0.717) is 10.8 Å². The summed E-state index contributed by atoms with van der Waals surface area (Å²) in [5.74, 6) is 0.872. The molecular formula is C11H21N. The third kappa shape index (κ3) is 0.891. The highest BCUT2D eigenvalue weighted by Crippen LogP contribution is 2.55. The first-order chi connectivity index (χ1) is 5.46. The van der Waals surface area contributed by atoms with Crippen molar-refractivity contribution in [3.05, 3.63) is 0 Å². The molecule has 1 saturated heterocycles. The summed E-state index contributed by atoms with van der Waals surface area (Å²) in [6, 6.07) is 0.818. The summed E-state index contributed by atoms with van der Waals surface area (Å²) in [6.07, 6.45) is 2.77. The molecule has 3 atom stereocenters. The highest BCUT2D eigenvalue weighted by atomic mass is 15.0. The van der Waals surface area contributed by atoms with E-state index in [1.54, 1.807) is 0 Å². The molecular weight excluding hydrogens is 146 g/mol. The first kappa shape index (κ1) is 8.55. The molecule has 1 nitrogen and oxygen atoms in total. The van der Waals surface area contributed by atoms with Crippen molar-refractivity contribution in [3.63, 3.8) is 0 Å². The van der Waals surface area contributed by atoms with Crippen LogP contribution in [0.5, 0.6) is 0 Å². The van der Waals surface area contributed by atoms with Gasteiger partial charge in [0.2, 0.25) is 0 Å². The number of fused-ring (bicyclic) bond motifs is 2. The van der Waals surface area contributed by atoms with E-state index in [1.165, 1.54) is 19.4 Å². The zero-order valence-electron chi connectivity index (χ0n) is 8.78. The van der Waals surface area contributed by atoms with Crippen molar-refractivity contribution in [2.75, 3.05) is 6.54 Å². The maximum Gasteiger partial charge on any atom is 0.00759 e. The third-order valence-corrected chi connectivity index (χ3v) is 4.90. The van der Waals surface area contributed by atoms with Gasteiger partial charge in [0.15, 0.2) is 0 Å². The van der Waals surface area contributed by atoms with Gasteiger partial charge in [0.1, 0.15) is 0 Å². The zero-order chi connectivity index (χ0) is 8.98. The molecule has 0 radical (unpaired) electrons. The van der Waals surface area contributed by atoms with Crippen LogP contribution >= 0.6 is 0 Å². The minimum absolute atomic E-state index is 0.521. The summed E-state index contributed by atoms with van der Waals surface area (Å²) in [6.45, 7) is 11.0. The Labute approximate surface area is 75.9 Å². The van der Waals surface area contributed by atoms with Crippen molar-refractivity contribution in [2.24, 2.45) is 16.7 Å². The topological polar surface area (TPSA) is 12.0 Å². The molecule has 1 heteroatoms. The lowest BCUT2D eigenvalue weighted by Crippen LogP contribution is -2.44. The Balaban J connectivity index is 2.32. The van der Waals surface area contributed by atoms with Crippen molar-refractivity contribution in [1.82, 2.24) is 5.32 Å².